The first-order valence-electron chi connectivity index (χ1n) is 9.50. The predicted molar refractivity (Wildman–Crippen MR) is 104 cm³/mol. The van der Waals surface area contributed by atoms with Gasteiger partial charge >= 0.3 is 0 Å². The van der Waals surface area contributed by atoms with Gasteiger partial charge in [-0.3, -0.25) is 0 Å². The van der Waals surface area contributed by atoms with Crippen molar-refractivity contribution in [2.75, 3.05) is 11.9 Å². The summed E-state index contributed by atoms with van der Waals surface area (Å²) in [6, 6.07) is 7.12. The molecule has 1 aromatic carbocycles. The van der Waals surface area contributed by atoms with Gasteiger partial charge in [0.1, 0.15) is 18.2 Å². The lowest BCUT2D eigenvalue weighted by Crippen LogP contribution is -2.55. The molecular weight excluding hydrogens is 359 g/mol. The number of nitrogens with zero attached hydrogens (tertiary/aromatic N) is 5. The summed E-state index contributed by atoms with van der Waals surface area (Å²) >= 11 is 0. The van der Waals surface area contributed by atoms with Crippen molar-refractivity contribution < 1.29 is 9.50 Å². The van der Waals surface area contributed by atoms with Gasteiger partial charge in [-0.2, -0.15) is 0 Å². The topological polar surface area (TPSA) is 87.1 Å². The van der Waals surface area contributed by atoms with Gasteiger partial charge in [-0.15, -0.1) is 10.2 Å². The lowest BCUT2D eigenvalue weighted by Gasteiger charge is -2.38. The average molecular weight is 380 g/mol. The Morgan fingerprint density at radius 3 is 2.93 bits per heavy atom. The molecule has 0 amide bonds. The average Bonchev–Trinajstić information content (AvgIpc) is 3.13. The van der Waals surface area contributed by atoms with Crippen molar-refractivity contribution in [2.45, 2.75) is 43.6 Å². The number of fused-ring (bicyclic) bond motifs is 3. The molecule has 144 valence electrons. The van der Waals surface area contributed by atoms with E-state index in [9.17, 15) is 9.50 Å². The highest BCUT2D eigenvalue weighted by atomic mass is 19.1. The van der Waals surface area contributed by atoms with Gasteiger partial charge in [-0.05, 0) is 37.5 Å². The van der Waals surface area contributed by atoms with Gasteiger partial charge in [0.2, 0.25) is 0 Å². The molecule has 4 heterocycles. The Hall–Kier alpha value is -2.87. The van der Waals surface area contributed by atoms with Crippen LogP contribution in [-0.4, -0.2) is 56.6 Å². The summed E-state index contributed by atoms with van der Waals surface area (Å²) < 4.78 is 14.8. The zero-order valence-corrected chi connectivity index (χ0v) is 15.5. The molecule has 2 unspecified atom stereocenters. The van der Waals surface area contributed by atoms with E-state index in [0.717, 1.165) is 24.6 Å². The molecule has 3 aromatic rings. The number of nitrogens with one attached hydrogen (secondary N) is 1. The van der Waals surface area contributed by atoms with Crippen LogP contribution in [-0.2, 0) is 0 Å². The fourth-order valence-corrected chi connectivity index (χ4v) is 4.40. The van der Waals surface area contributed by atoms with Gasteiger partial charge < -0.3 is 15.3 Å². The van der Waals surface area contributed by atoms with Gasteiger partial charge in [0.15, 0.2) is 5.82 Å². The Morgan fingerprint density at radius 2 is 2.11 bits per heavy atom. The molecule has 0 saturated carbocycles. The highest BCUT2D eigenvalue weighted by Gasteiger charge is 2.43. The van der Waals surface area contributed by atoms with E-state index < -0.39 is 6.17 Å². The van der Waals surface area contributed by atoms with Gasteiger partial charge in [0, 0.05) is 42.3 Å². The number of phenolic OH excluding ortho intramolecular Hbond substituents is 1. The molecule has 2 N–H and O–H groups in total. The number of alkyl halides is 1. The number of rotatable bonds is 3. The number of aromatic hydroxyl groups is 1. The summed E-state index contributed by atoms with van der Waals surface area (Å²) in [5.41, 5.74) is 1.77. The molecule has 2 aromatic heterocycles. The van der Waals surface area contributed by atoms with Crippen molar-refractivity contribution >= 4 is 16.7 Å². The second kappa shape index (κ2) is 6.63. The molecule has 7 nitrogen and oxygen atoms in total. The number of phenols is 1. The van der Waals surface area contributed by atoms with Crippen LogP contribution in [0.1, 0.15) is 19.3 Å². The monoisotopic (exact) mass is 380 g/mol. The molecule has 28 heavy (non-hydrogen) atoms. The van der Waals surface area contributed by atoms with Crippen LogP contribution in [0.3, 0.4) is 0 Å². The third-order valence-electron chi connectivity index (χ3n) is 5.96. The summed E-state index contributed by atoms with van der Waals surface area (Å²) in [6.45, 7) is 0. The fraction of sp³-hybridized carbons (Fsp3) is 0.400. The van der Waals surface area contributed by atoms with Gasteiger partial charge in [-0.1, -0.05) is 0 Å². The molecule has 2 saturated heterocycles. The van der Waals surface area contributed by atoms with E-state index in [2.05, 4.69) is 25.5 Å². The number of hydrogen-bond acceptors (Lipinski definition) is 7. The maximum absolute atomic E-state index is 14.8. The Bertz CT molecular complexity index is 1010. The lowest BCUT2D eigenvalue weighted by molar-refractivity contribution is 0.176. The Labute approximate surface area is 161 Å². The molecule has 2 fully saturated rings. The van der Waals surface area contributed by atoms with E-state index in [4.69, 9.17) is 0 Å². The Balaban J connectivity index is 1.42. The second-order valence-electron chi connectivity index (χ2n) is 7.63. The van der Waals surface area contributed by atoms with Crippen molar-refractivity contribution in [1.82, 2.24) is 25.5 Å². The molecule has 0 aliphatic carbocycles. The molecule has 4 atom stereocenters. The maximum Gasteiger partial charge on any atom is 0.151 e. The Morgan fingerprint density at radius 1 is 1.21 bits per heavy atom. The van der Waals surface area contributed by atoms with Crippen LogP contribution < -0.4 is 10.2 Å². The van der Waals surface area contributed by atoms with Crippen molar-refractivity contribution in [3.8, 4) is 17.0 Å². The number of halogens is 1. The van der Waals surface area contributed by atoms with E-state index in [-0.39, 0.29) is 17.8 Å². The molecule has 2 aliphatic heterocycles. The molecule has 5 rings (SSSR count). The van der Waals surface area contributed by atoms with Crippen LogP contribution in [0, 0.1) is 0 Å². The molecule has 0 spiro atoms. The van der Waals surface area contributed by atoms with Crippen LogP contribution in [0.2, 0.25) is 0 Å². The zero-order chi connectivity index (χ0) is 19.3. The van der Waals surface area contributed by atoms with Gasteiger partial charge in [-0.25, -0.2) is 14.4 Å². The summed E-state index contributed by atoms with van der Waals surface area (Å²) in [4.78, 5) is 10.0. The van der Waals surface area contributed by atoms with E-state index >= 15 is 0 Å². The van der Waals surface area contributed by atoms with Crippen LogP contribution in [0.4, 0.5) is 10.2 Å². The predicted octanol–water partition coefficient (Wildman–Crippen LogP) is 2.46. The quantitative estimate of drug-likeness (QED) is 0.722. The van der Waals surface area contributed by atoms with Crippen LogP contribution in [0.25, 0.3) is 22.2 Å². The van der Waals surface area contributed by atoms with Crippen molar-refractivity contribution in [2.24, 2.45) is 0 Å². The Kier molecular flexibility index (Phi) is 4.08. The minimum Gasteiger partial charge on any atom is -0.507 e. The van der Waals surface area contributed by atoms with Crippen LogP contribution in [0.5, 0.6) is 5.75 Å². The van der Waals surface area contributed by atoms with Crippen LogP contribution >= 0.6 is 0 Å². The summed E-state index contributed by atoms with van der Waals surface area (Å²) in [6.07, 6.45) is 4.90. The smallest absolute Gasteiger partial charge is 0.151 e. The fourth-order valence-electron chi connectivity index (χ4n) is 4.40. The molecule has 8 heteroatoms. The number of piperidine rings is 1. The van der Waals surface area contributed by atoms with Crippen molar-refractivity contribution in [3.63, 3.8) is 0 Å². The number of anilines is 1. The van der Waals surface area contributed by atoms with E-state index in [1.165, 1.54) is 6.33 Å². The highest BCUT2D eigenvalue weighted by Crippen LogP contribution is 2.34. The molecule has 2 bridgehead atoms. The van der Waals surface area contributed by atoms with Gasteiger partial charge in [0.05, 0.1) is 17.3 Å². The van der Waals surface area contributed by atoms with Gasteiger partial charge in [0.25, 0.3) is 0 Å². The highest BCUT2D eigenvalue weighted by molar-refractivity contribution is 5.86. The van der Waals surface area contributed by atoms with Crippen molar-refractivity contribution in [3.05, 3.63) is 36.8 Å². The lowest BCUT2D eigenvalue weighted by atomic mass is 9.96. The molecule has 0 radical (unpaired) electrons. The molecule has 2 aliphatic rings. The third-order valence-corrected chi connectivity index (χ3v) is 5.96. The van der Waals surface area contributed by atoms with E-state index in [1.807, 2.05) is 18.0 Å². The summed E-state index contributed by atoms with van der Waals surface area (Å²) in [5, 5.41) is 23.1. The third kappa shape index (κ3) is 2.84. The standard InChI is InChI=1S/C20H21FN6O/c1-27(17-7-12-2-3-15(24-12)20(17)21)19-5-4-14(25-26-19)13-6-11-9-22-10-23-16(11)8-18(13)28/h4-6,8-10,12,15,17,20,24,28H,2-3,7H2,1H3/t12?,15?,17-,20+/m0/s1. The SMILES string of the molecule is CN(c1ccc(-c2cc3cncnc3cc2O)nn1)[C@H]1CC2CCC(N2)[C@H]1F. The number of benzene rings is 1. The first kappa shape index (κ1) is 17.2. The van der Waals surface area contributed by atoms with E-state index in [1.54, 1.807) is 24.4 Å². The molecular formula is C20H21FN6O. The number of hydrogen-bond donors (Lipinski definition) is 2. The largest absolute Gasteiger partial charge is 0.507 e. The summed E-state index contributed by atoms with van der Waals surface area (Å²) in [7, 11) is 1.87. The van der Waals surface area contributed by atoms with Crippen molar-refractivity contribution in [1.29, 1.82) is 0 Å². The minimum absolute atomic E-state index is 0.0600. The number of aromatic nitrogens is 4. The maximum atomic E-state index is 14.8. The normalized spacial score (nSPS) is 26.5. The minimum atomic E-state index is -0.922. The summed E-state index contributed by atoms with van der Waals surface area (Å²) in [5.74, 6) is 0.710. The van der Waals surface area contributed by atoms with Crippen LogP contribution in [0.15, 0.2) is 36.8 Å². The first-order valence-corrected chi connectivity index (χ1v) is 9.50. The first-order chi connectivity index (χ1) is 13.6. The zero-order valence-electron chi connectivity index (χ0n) is 15.5. The van der Waals surface area contributed by atoms with E-state index in [0.29, 0.717) is 28.6 Å². The second-order valence-corrected chi connectivity index (χ2v) is 7.63.